The summed E-state index contributed by atoms with van der Waals surface area (Å²) in [5.74, 6) is 0. The van der Waals surface area contributed by atoms with Crippen LogP contribution >= 0.6 is 0 Å². The maximum absolute atomic E-state index is 12.0. The monoisotopic (exact) mass is 284 g/mol. The number of nitrogens with zero attached hydrogens (tertiary/aromatic N) is 1. The number of nitrogens with two attached hydrogens (primary N) is 1. The lowest BCUT2D eigenvalue weighted by atomic mass is 9.73. The van der Waals surface area contributed by atoms with Crippen molar-refractivity contribution in [2.75, 3.05) is 26.2 Å². The molecule has 1 amide bonds. The van der Waals surface area contributed by atoms with Crippen LogP contribution in [0.25, 0.3) is 0 Å². The fraction of sp³-hybridized carbons (Fsp3) is 0.933. The Morgan fingerprint density at radius 1 is 1.35 bits per heavy atom. The topological polar surface area (TPSA) is 64.8 Å². The molecule has 0 aromatic rings. The molecule has 116 valence electrons. The number of rotatable bonds is 1. The summed E-state index contributed by atoms with van der Waals surface area (Å²) in [7, 11) is 0. The van der Waals surface area contributed by atoms with E-state index in [4.69, 9.17) is 15.2 Å². The minimum absolute atomic E-state index is 0.191. The molecule has 2 heterocycles. The second-order valence-electron chi connectivity index (χ2n) is 7.17. The summed E-state index contributed by atoms with van der Waals surface area (Å²) in [6.45, 7) is 8.64. The van der Waals surface area contributed by atoms with E-state index in [1.54, 1.807) is 0 Å². The van der Waals surface area contributed by atoms with E-state index >= 15 is 0 Å². The van der Waals surface area contributed by atoms with Gasteiger partial charge in [-0.25, -0.2) is 4.79 Å². The zero-order chi connectivity index (χ0) is 14.8. The van der Waals surface area contributed by atoms with Crippen LogP contribution in [-0.4, -0.2) is 48.9 Å². The summed E-state index contributed by atoms with van der Waals surface area (Å²) in [6, 6.07) is 0. The molecule has 0 aliphatic carbocycles. The van der Waals surface area contributed by atoms with E-state index < -0.39 is 5.60 Å². The number of carbonyl (C=O) groups is 1. The van der Waals surface area contributed by atoms with Crippen molar-refractivity contribution in [3.05, 3.63) is 0 Å². The van der Waals surface area contributed by atoms with Crippen LogP contribution in [0, 0.1) is 5.41 Å². The smallest absolute Gasteiger partial charge is 0.410 e. The lowest BCUT2D eigenvalue weighted by molar-refractivity contribution is -0.0826. The Kier molecular flexibility index (Phi) is 4.59. The van der Waals surface area contributed by atoms with Crippen LogP contribution in [0.15, 0.2) is 0 Å². The highest BCUT2D eigenvalue weighted by molar-refractivity contribution is 5.68. The lowest BCUT2D eigenvalue weighted by Gasteiger charge is -2.45. The van der Waals surface area contributed by atoms with Crippen LogP contribution < -0.4 is 5.73 Å². The van der Waals surface area contributed by atoms with Gasteiger partial charge in [-0.15, -0.1) is 0 Å². The van der Waals surface area contributed by atoms with Gasteiger partial charge < -0.3 is 20.1 Å². The molecular formula is C15H28N2O3. The van der Waals surface area contributed by atoms with Crippen LogP contribution in [0.3, 0.4) is 0 Å². The van der Waals surface area contributed by atoms with Crippen molar-refractivity contribution < 1.29 is 14.3 Å². The molecule has 0 saturated carbocycles. The Morgan fingerprint density at radius 2 is 2.00 bits per heavy atom. The largest absolute Gasteiger partial charge is 0.444 e. The minimum Gasteiger partial charge on any atom is -0.444 e. The van der Waals surface area contributed by atoms with Gasteiger partial charge in [-0.2, -0.15) is 0 Å². The molecule has 2 aliphatic heterocycles. The van der Waals surface area contributed by atoms with Crippen molar-refractivity contribution in [1.29, 1.82) is 0 Å². The first-order valence-electron chi connectivity index (χ1n) is 7.63. The molecule has 0 radical (unpaired) electrons. The average Bonchev–Trinajstić information content (AvgIpc) is 2.38. The summed E-state index contributed by atoms with van der Waals surface area (Å²) in [6.07, 6.45) is 4.25. The van der Waals surface area contributed by atoms with E-state index in [2.05, 4.69) is 0 Å². The Labute approximate surface area is 121 Å². The highest BCUT2D eigenvalue weighted by atomic mass is 16.6. The third-order valence-corrected chi connectivity index (χ3v) is 4.36. The first-order valence-corrected chi connectivity index (χ1v) is 7.63. The molecule has 2 rings (SSSR count). The first-order chi connectivity index (χ1) is 9.34. The summed E-state index contributed by atoms with van der Waals surface area (Å²) in [5.41, 5.74) is 5.48. The number of hydrogen-bond acceptors (Lipinski definition) is 4. The van der Waals surface area contributed by atoms with Gasteiger partial charge in [0.15, 0.2) is 0 Å². The van der Waals surface area contributed by atoms with Crippen molar-refractivity contribution in [2.24, 2.45) is 11.1 Å². The van der Waals surface area contributed by atoms with Crippen molar-refractivity contribution in [3.63, 3.8) is 0 Å². The predicted octanol–water partition coefficient (Wildman–Crippen LogP) is 2.14. The van der Waals surface area contributed by atoms with Gasteiger partial charge in [0.2, 0.25) is 0 Å². The Morgan fingerprint density at radius 3 is 2.45 bits per heavy atom. The van der Waals surface area contributed by atoms with Gasteiger partial charge in [0, 0.05) is 19.6 Å². The minimum atomic E-state index is -0.422. The second kappa shape index (κ2) is 5.90. The van der Waals surface area contributed by atoms with Crippen molar-refractivity contribution >= 4 is 6.09 Å². The van der Waals surface area contributed by atoms with Gasteiger partial charge in [0.25, 0.3) is 0 Å². The van der Waals surface area contributed by atoms with Gasteiger partial charge in [0.1, 0.15) is 5.60 Å². The molecule has 2 fully saturated rings. The number of likely N-dealkylation sites (tertiary alicyclic amines) is 1. The third kappa shape index (κ3) is 3.85. The molecule has 5 heteroatoms. The molecule has 0 bridgehead atoms. The summed E-state index contributed by atoms with van der Waals surface area (Å²) in [5, 5.41) is 0. The van der Waals surface area contributed by atoms with Crippen LogP contribution in [-0.2, 0) is 9.47 Å². The SMILES string of the molecule is CC(C)(C)OC(=O)N1CCC2(CCC(CN)OC2)CC1. The van der Waals surface area contributed by atoms with Crippen molar-refractivity contribution in [1.82, 2.24) is 4.90 Å². The second-order valence-corrected chi connectivity index (χ2v) is 7.17. The van der Waals surface area contributed by atoms with E-state index in [-0.39, 0.29) is 17.6 Å². The highest BCUT2D eigenvalue weighted by Crippen LogP contribution is 2.40. The van der Waals surface area contributed by atoms with E-state index in [1.165, 1.54) is 0 Å². The molecule has 5 nitrogen and oxygen atoms in total. The molecule has 2 aliphatic rings. The van der Waals surface area contributed by atoms with Crippen LogP contribution in [0.4, 0.5) is 4.79 Å². The molecule has 20 heavy (non-hydrogen) atoms. The van der Waals surface area contributed by atoms with E-state index in [0.29, 0.717) is 6.54 Å². The van der Waals surface area contributed by atoms with Crippen molar-refractivity contribution in [2.45, 2.75) is 58.2 Å². The fourth-order valence-corrected chi connectivity index (χ4v) is 2.99. The number of ether oxygens (including phenoxy) is 2. The molecule has 2 N–H and O–H groups in total. The van der Waals surface area contributed by atoms with Gasteiger partial charge in [0.05, 0.1) is 12.7 Å². The highest BCUT2D eigenvalue weighted by Gasteiger charge is 2.40. The number of amides is 1. The van der Waals surface area contributed by atoms with Gasteiger partial charge in [-0.1, -0.05) is 0 Å². The summed E-state index contributed by atoms with van der Waals surface area (Å²) < 4.78 is 11.3. The quantitative estimate of drug-likeness (QED) is 0.801. The third-order valence-electron chi connectivity index (χ3n) is 4.36. The maximum atomic E-state index is 12.0. The molecule has 1 unspecified atom stereocenters. The molecule has 1 spiro atoms. The fourth-order valence-electron chi connectivity index (χ4n) is 2.99. The Hall–Kier alpha value is -0.810. The zero-order valence-corrected chi connectivity index (χ0v) is 13.0. The van der Waals surface area contributed by atoms with E-state index in [9.17, 15) is 4.79 Å². The Bertz CT molecular complexity index is 334. The predicted molar refractivity (Wildman–Crippen MR) is 77.5 cm³/mol. The van der Waals surface area contributed by atoms with E-state index in [1.807, 2.05) is 25.7 Å². The van der Waals surface area contributed by atoms with Crippen LogP contribution in [0.2, 0.25) is 0 Å². The van der Waals surface area contributed by atoms with Gasteiger partial charge in [-0.3, -0.25) is 0 Å². The zero-order valence-electron chi connectivity index (χ0n) is 13.0. The van der Waals surface area contributed by atoms with E-state index in [0.717, 1.165) is 45.4 Å². The lowest BCUT2D eigenvalue weighted by Crippen LogP contribution is -2.49. The molecule has 2 saturated heterocycles. The molecule has 1 atom stereocenters. The Balaban J connectivity index is 1.82. The first kappa shape index (κ1) is 15.6. The van der Waals surface area contributed by atoms with Crippen molar-refractivity contribution in [3.8, 4) is 0 Å². The normalized spacial score (nSPS) is 26.6. The molecule has 0 aromatic heterocycles. The number of hydrogen-bond donors (Lipinski definition) is 1. The van der Waals surface area contributed by atoms with Gasteiger partial charge >= 0.3 is 6.09 Å². The maximum Gasteiger partial charge on any atom is 0.410 e. The number of piperidine rings is 1. The summed E-state index contributed by atoms with van der Waals surface area (Å²) in [4.78, 5) is 13.9. The van der Waals surface area contributed by atoms with Crippen LogP contribution in [0.1, 0.15) is 46.5 Å². The molecule has 0 aromatic carbocycles. The molecular weight excluding hydrogens is 256 g/mol. The van der Waals surface area contributed by atoms with Gasteiger partial charge in [-0.05, 0) is 51.9 Å². The van der Waals surface area contributed by atoms with Crippen LogP contribution in [0.5, 0.6) is 0 Å². The summed E-state index contributed by atoms with van der Waals surface area (Å²) >= 11 is 0. The average molecular weight is 284 g/mol. The standard InChI is InChI=1S/C15H28N2O3/c1-14(2,3)20-13(18)17-8-6-15(7-9-17)5-4-12(10-16)19-11-15/h12H,4-11,16H2,1-3H3. The number of carbonyl (C=O) groups excluding carboxylic acids is 1.